The van der Waals surface area contributed by atoms with Crippen molar-refractivity contribution in [1.82, 2.24) is 5.32 Å². The van der Waals surface area contributed by atoms with Crippen LogP contribution in [0, 0.1) is 0 Å². The van der Waals surface area contributed by atoms with Gasteiger partial charge in [-0.25, -0.2) is 0 Å². The summed E-state index contributed by atoms with van der Waals surface area (Å²) in [5.41, 5.74) is 1.27. The van der Waals surface area contributed by atoms with Crippen LogP contribution in [0.15, 0.2) is 30.3 Å². The Morgan fingerprint density at radius 3 is 2.42 bits per heavy atom. The predicted molar refractivity (Wildman–Crippen MR) is 77.2 cm³/mol. The molecule has 1 saturated heterocycles. The zero-order valence-corrected chi connectivity index (χ0v) is 11.9. The van der Waals surface area contributed by atoms with Crippen LogP contribution in [-0.2, 0) is 11.2 Å². The van der Waals surface area contributed by atoms with Crippen molar-refractivity contribution in [3.05, 3.63) is 35.9 Å². The molecule has 1 aliphatic rings. The highest BCUT2D eigenvalue weighted by Crippen LogP contribution is 2.19. The molecule has 106 valence electrons. The Hall–Kier alpha value is -0.900. The fourth-order valence-corrected chi connectivity index (χ4v) is 2.95. The fourth-order valence-electron chi connectivity index (χ4n) is 2.95. The maximum Gasteiger partial charge on any atom is 0.0587 e. The van der Waals surface area contributed by atoms with Gasteiger partial charge in [0.15, 0.2) is 0 Å². The third kappa shape index (κ3) is 4.60. The lowest BCUT2D eigenvalue weighted by Gasteiger charge is -2.34. The Morgan fingerprint density at radius 1 is 1.21 bits per heavy atom. The van der Waals surface area contributed by atoms with E-state index in [1.807, 2.05) is 18.2 Å². The molecule has 0 saturated carbocycles. The molecular weight excluding hydrogens is 238 g/mol. The van der Waals surface area contributed by atoms with Crippen molar-refractivity contribution in [1.29, 1.82) is 0 Å². The van der Waals surface area contributed by atoms with Crippen molar-refractivity contribution >= 4 is 0 Å². The van der Waals surface area contributed by atoms with Crippen LogP contribution in [0.4, 0.5) is 0 Å². The molecule has 0 aromatic heterocycles. The molecule has 0 bridgehead atoms. The highest BCUT2D eigenvalue weighted by atomic mass is 16.5. The van der Waals surface area contributed by atoms with Crippen molar-refractivity contribution in [2.24, 2.45) is 0 Å². The molecule has 3 heteroatoms. The van der Waals surface area contributed by atoms with E-state index in [0.29, 0.717) is 18.2 Å². The zero-order chi connectivity index (χ0) is 13.7. The molecule has 0 amide bonds. The number of hydrogen-bond donors (Lipinski definition) is 2. The summed E-state index contributed by atoms with van der Waals surface area (Å²) < 4.78 is 5.75. The molecule has 1 heterocycles. The number of aliphatic hydroxyl groups is 1. The van der Waals surface area contributed by atoms with E-state index in [4.69, 9.17) is 4.74 Å². The van der Waals surface area contributed by atoms with Crippen LogP contribution in [-0.4, -0.2) is 36.0 Å². The summed E-state index contributed by atoms with van der Waals surface area (Å²) in [6.45, 7) is 4.42. The summed E-state index contributed by atoms with van der Waals surface area (Å²) in [6.07, 6.45) is 3.53. The summed E-state index contributed by atoms with van der Waals surface area (Å²) in [7, 11) is 0. The Balaban J connectivity index is 1.88. The Bertz CT molecular complexity index is 358. The van der Waals surface area contributed by atoms with E-state index < -0.39 is 0 Å². The van der Waals surface area contributed by atoms with Crippen LogP contribution in [0.2, 0.25) is 0 Å². The van der Waals surface area contributed by atoms with Crippen LogP contribution in [0.3, 0.4) is 0 Å². The second kappa shape index (κ2) is 7.04. The van der Waals surface area contributed by atoms with Crippen LogP contribution in [0.1, 0.15) is 32.3 Å². The number of nitrogens with one attached hydrogen (secondary N) is 1. The summed E-state index contributed by atoms with van der Waals surface area (Å²) in [5.74, 6) is 0. The summed E-state index contributed by atoms with van der Waals surface area (Å²) in [5, 5.41) is 13.1. The van der Waals surface area contributed by atoms with Crippen LogP contribution < -0.4 is 5.32 Å². The summed E-state index contributed by atoms with van der Waals surface area (Å²) >= 11 is 0. The van der Waals surface area contributed by atoms with Crippen LogP contribution in [0.5, 0.6) is 0 Å². The normalized spacial score (nSPS) is 29.1. The molecule has 1 aromatic carbocycles. The van der Waals surface area contributed by atoms with E-state index in [9.17, 15) is 5.11 Å². The molecule has 1 fully saturated rings. The first-order valence-corrected chi connectivity index (χ1v) is 7.23. The third-order valence-electron chi connectivity index (χ3n) is 3.71. The lowest BCUT2D eigenvalue weighted by molar-refractivity contribution is -0.0444. The SMILES string of the molecule is CC1CC(N[C@H](CO)Cc2ccccc2)CC(C)O1. The number of ether oxygens (including phenoxy) is 1. The van der Waals surface area contributed by atoms with Gasteiger partial charge in [0.05, 0.1) is 18.8 Å². The monoisotopic (exact) mass is 263 g/mol. The maximum absolute atomic E-state index is 9.56. The second-order valence-corrected chi connectivity index (χ2v) is 5.66. The lowest BCUT2D eigenvalue weighted by atomic mass is 9.97. The van der Waals surface area contributed by atoms with Gasteiger partial charge in [0.25, 0.3) is 0 Å². The van der Waals surface area contributed by atoms with E-state index >= 15 is 0 Å². The van der Waals surface area contributed by atoms with Crippen molar-refractivity contribution in [2.75, 3.05) is 6.61 Å². The van der Waals surface area contributed by atoms with Crippen molar-refractivity contribution in [2.45, 2.75) is 57.4 Å². The quantitative estimate of drug-likeness (QED) is 0.855. The number of rotatable bonds is 5. The fraction of sp³-hybridized carbons (Fsp3) is 0.625. The minimum absolute atomic E-state index is 0.130. The van der Waals surface area contributed by atoms with Gasteiger partial charge in [-0.3, -0.25) is 0 Å². The van der Waals surface area contributed by atoms with E-state index in [2.05, 4.69) is 31.3 Å². The smallest absolute Gasteiger partial charge is 0.0587 e. The largest absolute Gasteiger partial charge is 0.395 e. The Kier molecular flexibility index (Phi) is 5.37. The number of benzene rings is 1. The lowest BCUT2D eigenvalue weighted by Crippen LogP contribution is -2.47. The average Bonchev–Trinajstić information content (AvgIpc) is 2.38. The molecule has 0 aliphatic carbocycles. The molecule has 2 rings (SSSR count). The molecule has 19 heavy (non-hydrogen) atoms. The first-order chi connectivity index (χ1) is 9.17. The van der Waals surface area contributed by atoms with Crippen molar-refractivity contribution in [3.63, 3.8) is 0 Å². The average molecular weight is 263 g/mol. The minimum atomic E-state index is 0.130. The highest BCUT2D eigenvalue weighted by Gasteiger charge is 2.25. The van der Waals surface area contributed by atoms with Gasteiger partial charge in [-0.2, -0.15) is 0 Å². The van der Waals surface area contributed by atoms with Gasteiger partial charge < -0.3 is 15.2 Å². The molecule has 3 atom stereocenters. The van der Waals surface area contributed by atoms with E-state index in [-0.39, 0.29) is 12.6 Å². The Morgan fingerprint density at radius 2 is 1.84 bits per heavy atom. The van der Waals surface area contributed by atoms with Gasteiger partial charge in [-0.15, -0.1) is 0 Å². The van der Waals surface area contributed by atoms with E-state index in [1.54, 1.807) is 0 Å². The van der Waals surface area contributed by atoms with Gasteiger partial charge in [0, 0.05) is 12.1 Å². The Labute approximate surface area is 116 Å². The van der Waals surface area contributed by atoms with Crippen LogP contribution >= 0.6 is 0 Å². The maximum atomic E-state index is 9.56. The molecular formula is C16H25NO2. The molecule has 3 nitrogen and oxygen atoms in total. The standard InChI is InChI=1S/C16H25NO2/c1-12-8-15(9-13(2)19-12)17-16(11-18)10-14-6-4-3-5-7-14/h3-7,12-13,15-18H,8-11H2,1-2H3/t12?,13?,15?,16-/m0/s1. The minimum Gasteiger partial charge on any atom is -0.395 e. The summed E-state index contributed by atoms with van der Waals surface area (Å²) in [6, 6.07) is 10.9. The van der Waals surface area contributed by atoms with Gasteiger partial charge in [-0.1, -0.05) is 30.3 Å². The molecule has 2 N–H and O–H groups in total. The van der Waals surface area contributed by atoms with Crippen molar-refractivity contribution in [3.8, 4) is 0 Å². The molecule has 2 unspecified atom stereocenters. The van der Waals surface area contributed by atoms with Crippen molar-refractivity contribution < 1.29 is 9.84 Å². The number of hydrogen-bond acceptors (Lipinski definition) is 3. The first kappa shape index (κ1) is 14.5. The first-order valence-electron chi connectivity index (χ1n) is 7.23. The zero-order valence-electron chi connectivity index (χ0n) is 11.9. The molecule has 0 radical (unpaired) electrons. The summed E-state index contributed by atoms with van der Waals surface area (Å²) in [4.78, 5) is 0. The predicted octanol–water partition coefficient (Wildman–Crippen LogP) is 2.14. The molecule has 1 aromatic rings. The highest BCUT2D eigenvalue weighted by molar-refractivity contribution is 5.16. The van der Waals surface area contributed by atoms with Gasteiger partial charge in [0.1, 0.15) is 0 Å². The number of aliphatic hydroxyl groups excluding tert-OH is 1. The van der Waals surface area contributed by atoms with E-state index in [1.165, 1.54) is 5.56 Å². The second-order valence-electron chi connectivity index (χ2n) is 5.66. The van der Waals surface area contributed by atoms with Gasteiger partial charge in [-0.05, 0) is 38.7 Å². The molecule has 1 aliphatic heterocycles. The topological polar surface area (TPSA) is 41.5 Å². The third-order valence-corrected chi connectivity index (χ3v) is 3.71. The van der Waals surface area contributed by atoms with E-state index in [0.717, 1.165) is 19.3 Å². The van der Waals surface area contributed by atoms with Crippen LogP contribution in [0.25, 0.3) is 0 Å². The van der Waals surface area contributed by atoms with Gasteiger partial charge in [0.2, 0.25) is 0 Å². The van der Waals surface area contributed by atoms with Gasteiger partial charge >= 0.3 is 0 Å². The molecule has 0 spiro atoms.